The van der Waals surface area contributed by atoms with Crippen molar-refractivity contribution in [1.82, 2.24) is 0 Å². The number of imide groups is 1. The summed E-state index contributed by atoms with van der Waals surface area (Å²) in [6, 6.07) is 12.1. The molecule has 2 saturated heterocycles. The first-order valence-corrected chi connectivity index (χ1v) is 12.7. The Morgan fingerprint density at radius 3 is 2.43 bits per heavy atom. The van der Waals surface area contributed by atoms with Crippen LogP contribution in [-0.4, -0.2) is 36.8 Å². The Kier molecular flexibility index (Phi) is 6.58. The maximum Gasteiger partial charge on any atom is 0.316 e. The molecular formula is C29H30N2O6. The fraction of sp³-hybridized carbons (Fsp3) is 0.379. The van der Waals surface area contributed by atoms with Gasteiger partial charge in [0.05, 0.1) is 30.0 Å². The summed E-state index contributed by atoms with van der Waals surface area (Å²) in [7, 11) is 0. The number of benzene rings is 2. The average molecular weight is 503 g/mol. The number of allylic oxidation sites excluding steroid dienone is 2. The molecule has 5 rings (SSSR count). The van der Waals surface area contributed by atoms with Gasteiger partial charge in [-0.25, -0.2) is 4.90 Å². The molecule has 0 bridgehead atoms. The number of nitrogens with zero attached hydrogens (tertiary/aromatic N) is 2. The molecule has 37 heavy (non-hydrogen) atoms. The van der Waals surface area contributed by atoms with Crippen LogP contribution in [0, 0.1) is 30.6 Å². The molecule has 0 unspecified atom stereocenters. The number of aryl methyl sites for hydroxylation is 1. The van der Waals surface area contributed by atoms with Crippen LogP contribution in [0.5, 0.6) is 11.5 Å². The SMILES string of the molecule is CCOc1ccc(N2C[C@H](C(=O)Oc3ccc(N4C(=O)[C@@H]5[C@@H](C)C=CC[C@H]5C4=O)c(C)c3)CC2=O)cc1. The second-order valence-electron chi connectivity index (χ2n) is 9.87. The molecule has 0 N–H and O–H groups in total. The molecule has 0 radical (unpaired) electrons. The van der Waals surface area contributed by atoms with E-state index in [9.17, 15) is 19.2 Å². The van der Waals surface area contributed by atoms with Gasteiger partial charge in [0.25, 0.3) is 0 Å². The number of amides is 3. The van der Waals surface area contributed by atoms with Crippen LogP contribution < -0.4 is 19.3 Å². The van der Waals surface area contributed by atoms with Crippen molar-refractivity contribution in [2.24, 2.45) is 23.7 Å². The van der Waals surface area contributed by atoms with Crippen molar-refractivity contribution in [2.75, 3.05) is 23.0 Å². The summed E-state index contributed by atoms with van der Waals surface area (Å²) in [5, 5.41) is 0. The average Bonchev–Trinajstić information content (AvgIpc) is 3.38. The number of fused-ring (bicyclic) bond motifs is 1. The summed E-state index contributed by atoms with van der Waals surface area (Å²) in [6.07, 6.45) is 4.60. The molecule has 2 fully saturated rings. The molecule has 0 spiro atoms. The number of hydrogen-bond donors (Lipinski definition) is 0. The Labute approximate surface area is 215 Å². The van der Waals surface area contributed by atoms with E-state index in [2.05, 4.69) is 0 Å². The highest BCUT2D eigenvalue weighted by Gasteiger charge is 2.50. The quantitative estimate of drug-likeness (QED) is 0.256. The normalized spacial score (nSPS) is 25.0. The third-order valence-corrected chi connectivity index (χ3v) is 7.42. The fourth-order valence-corrected chi connectivity index (χ4v) is 5.53. The zero-order valence-corrected chi connectivity index (χ0v) is 21.2. The number of ether oxygens (including phenoxy) is 2. The number of carbonyl (C=O) groups is 4. The van der Waals surface area contributed by atoms with Crippen molar-refractivity contribution in [3.05, 3.63) is 60.2 Å². The van der Waals surface area contributed by atoms with Crippen LogP contribution >= 0.6 is 0 Å². The van der Waals surface area contributed by atoms with E-state index in [1.807, 2.05) is 26.0 Å². The van der Waals surface area contributed by atoms with E-state index in [1.165, 1.54) is 4.90 Å². The molecule has 3 aliphatic rings. The highest BCUT2D eigenvalue weighted by molar-refractivity contribution is 6.22. The van der Waals surface area contributed by atoms with E-state index in [0.29, 0.717) is 35.7 Å². The van der Waals surface area contributed by atoms with Crippen molar-refractivity contribution in [1.29, 1.82) is 0 Å². The van der Waals surface area contributed by atoms with Crippen molar-refractivity contribution < 1.29 is 28.7 Å². The topological polar surface area (TPSA) is 93.2 Å². The molecule has 2 aliphatic heterocycles. The number of anilines is 2. The smallest absolute Gasteiger partial charge is 0.316 e. The van der Waals surface area contributed by atoms with Gasteiger partial charge >= 0.3 is 5.97 Å². The van der Waals surface area contributed by atoms with Gasteiger partial charge < -0.3 is 14.4 Å². The standard InChI is InChI=1S/C29H30N2O6/c1-4-36-21-10-8-20(9-11-21)30-16-19(15-25(30)32)29(35)37-22-12-13-24(18(3)14-22)31-27(33)23-7-5-6-17(2)26(23)28(31)34/h5-6,8-14,17,19,23,26H,4,7,15-16H2,1-3H3/t17-,19+,23+,26+/m0/s1. The highest BCUT2D eigenvalue weighted by atomic mass is 16.5. The summed E-state index contributed by atoms with van der Waals surface area (Å²) >= 11 is 0. The van der Waals surface area contributed by atoms with Gasteiger partial charge in [-0.05, 0) is 74.2 Å². The van der Waals surface area contributed by atoms with Crippen molar-refractivity contribution in [2.45, 2.75) is 33.6 Å². The molecule has 4 atom stereocenters. The minimum absolute atomic E-state index is 0.0111. The van der Waals surface area contributed by atoms with E-state index >= 15 is 0 Å². The second-order valence-corrected chi connectivity index (χ2v) is 9.87. The Morgan fingerprint density at radius 2 is 1.76 bits per heavy atom. The van der Waals surface area contributed by atoms with Crippen LogP contribution in [-0.2, 0) is 19.2 Å². The fourth-order valence-electron chi connectivity index (χ4n) is 5.53. The number of rotatable bonds is 6. The molecule has 2 heterocycles. The van der Waals surface area contributed by atoms with Crippen molar-refractivity contribution >= 4 is 35.1 Å². The molecule has 1 aliphatic carbocycles. The molecule has 192 valence electrons. The Hall–Kier alpha value is -3.94. The van der Waals surface area contributed by atoms with Gasteiger partial charge in [-0.15, -0.1) is 0 Å². The summed E-state index contributed by atoms with van der Waals surface area (Å²) < 4.78 is 11.1. The Balaban J connectivity index is 1.26. The van der Waals surface area contributed by atoms with Crippen LogP contribution in [0.2, 0.25) is 0 Å². The number of carbonyl (C=O) groups excluding carboxylic acids is 4. The molecule has 8 nitrogen and oxygen atoms in total. The maximum atomic E-state index is 13.1. The molecule has 0 saturated carbocycles. The van der Waals surface area contributed by atoms with Crippen molar-refractivity contribution in [3.63, 3.8) is 0 Å². The van der Waals surface area contributed by atoms with Crippen LogP contribution in [0.1, 0.15) is 32.3 Å². The lowest BCUT2D eigenvalue weighted by Crippen LogP contribution is -2.32. The van der Waals surface area contributed by atoms with Crippen LogP contribution in [0.15, 0.2) is 54.6 Å². The molecule has 2 aromatic carbocycles. The number of hydrogen-bond acceptors (Lipinski definition) is 6. The molecule has 8 heteroatoms. The molecular weight excluding hydrogens is 472 g/mol. The first kappa shape index (κ1) is 24.7. The summed E-state index contributed by atoms with van der Waals surface area (Å²) in [4.78, 5) is 54.5. The molecule has 2 aromatic rings. The van der Waals surface area contributed by atoms with E-state index in [4.69, 9.17) is 9.47 Å². The van der Waals surface area contributed by atoms with Gasteiger partial charge in [0.15, 0.2) is 0 Å². The van der Waals surface area contributed by atoms with Gasteiger partial charge in [0.1, 0.15) is 11.5 Å². The van der Waals surface area contributed by atoms with E-state index in [1.54, 1.807) is 54.3 Å². The van der Waals surface area contributed by atoms with Crippen LogP contribution in [0.3, 0.4) is 0 Å². The Morgan fingerprint density at radius 1 is 1.03 bits per heavy atom. The lowest BCUT2D eigenvalue weighted by atomic mass is 9.78. The molecule has 0 aromatic heterocycles. The van der Waals surface area contributed by atoms with E-state index in [0.717, 1.165) is 5.75 Å². The Bertz CT molecular complexity index is 1280. The van der Waals surface area contributed by atoms with Gasteiger partial charge in [0.2, 0.25) is 17.7 Å². The first-order chi connectivity index (χ1) is 17.8. The second kappa shape index (κ2) is 9.84. The highest BCUT2D eigenvalue weighted by Crippen LogP contribution is 2.41. The third kappa shape index (κ3) is 4.52. The minimum atomic E-state index is -0.599. The largest absolute Gasteiger partial charge is 0.494 e. The predicted molar refractivity (Wildman–Crippen MR) is 137 cm³/mol. The third-order valence-electron chi connectivity index (χ3n) is 7.42. The van der Waals surface area contributed by atoms with Gasteiger partial charge in [-0.2, -0.15) is 0 Å². The van der Waals surface area contributed by atoms with Crippen LogP contribution in [0.25, 0.3) is 0 Å². The molecule has 3 amide bonds. The summed E-state index contributed by atoms with van der Waals surface area (Å²) in [6.45, 7) is 6.43. The zero-order valence-electron chi connectivity index (χ0n) is 21.2. The van der Waals surface area contributed by atoms with Gasteiger partial charge in [0, 0.05) is 18.7 Å². The van der Waals surface area contributed by atoms with Gasteiger partial charge in [-0.3, -0.25) is 19.2 Å². The minimum Gasteiger partial charge on any atom is -0.494 e. The first-order valence-electron chi connectivity index (χ1n) is 12.7. The zero-order chi connectivity index (χ0) is 26.3. The monoisotopic (exact) mass is 502 g/mol. The van der Waals surface area contributed by atoms with E-state index in [-0.39, 0.29) is 48.4 Å². The van der Waals surface area contributed by atoms with E-state index < -0.39 is 11.9 Å². The summed E-state index contributed by atoms with van der Waals surface area (Å²) in [5.74, 6) is -1.23. The van der Waals surface area contributed by atoms with Crippen molar-refractivity contribution in [3.8, 4) is 11.5 Å². The lowest BCUT2D eigenvalue weighted by Gasteiger charge is -2.22. The summed E-state index contributed by atoms with van der Waals surface area (Å²) in [5.41, 5.74) is 1.87. The predicted octanol–water partition coefficient (Wildman–Crippen LogP) is 4.05. The lowest BCUT2D eigenvalue weighted by molar-refractivity contribution is -0.139. The number of esters is 1. The van der Waals surface area contributed by atoms with Gasteiger partial charge in [-0.1, -0.05) is 19.1 Å². The van der Waals surface area contributed by atoms with Crippen LogP contribution in [0.4, 0.5) is 11.4 Å². The maximum absolute atomic E-state index is 13.1.